The van der Waals surface area contributed by atoms with Gasteiger partial charge in [0.25, 0.3) is 5.91 Å². The molecule has 1 aromatic heterocycles. The molecule has 2 rings (SSSR count). The summed E-state index contributed by atoms with van der Waals surface area (Å²) in [5.74, 6) is -1.53. The highest BCUT2D eigenvalue weighted by molar-refractivity contribution is 7.13. The number of carboxylic acids is 1. The third-order valence-corrected chi connectivity index (χ3v) is 5.08. The van der Waals surface area contributed by atoms with Crippen molar-refractivity contribution in [1.82, 2.24) is 10.6 Å². The summed E-state index contributed by atoms with van der Waals surface area (Å²) in [5.41, 5.74) is -0.675. The molecule has 7 heteroatoms. The number of aryl methyl sites for hydroxylation is 1. The van der Waals surface area contributed by atoms with Crippen LogP contribution in [0.4, 0.5) is 0 Å². The van der Waals surface area contributed by atoms with Gasteiger partial charge in [-0.05, 0) is 31.9 Å². The molecule has 1 aliphatic rings. The molecule has 3 N–H and O–H groups in total. The first-order valence-electron chi connectivity index (χ1n) is 7.78. The molecule has 6 nitrogen and oxygen atoms in total. The number of carbonyl (C=O) groups excluding carboxylic acids is 2. The SMILES string of the molecule is Cc1ccc(C(=O)NCC(=O)NC2(CC(=O)O)CCCCC2)s1. The predicted molar refractivity (Wildman–Crippen MR) is 87.6 cm³/mol. The smallest absolute Gasteiger partial charge is 0.305 e. The summed E-state index contributed by atoms with van der Waals surface area (Å²) in [6.07, 6.45) is 4.15. The normalized spacial score (nSPS) is 16.6. The Bertz CT molecular complexity index is 591. The highest BCUT2D eigenvalue weighted by atomic mass is 32.1. The highest BCUT2D eigenvalue weighted by Crippen LogP contribution is 2.31. The van der Waals surface area contributed by atoms with Gasteiger partial charge in [-0.3, -0.25) is 14.4 Å². The van der Waals surface area contributed by atoms with Crippen molar-refractivity contribution in [3.8, 4) is 0 Å². The molecule has 1 heterocycles. The second-order valence-electron chi connectivity index (χ2n) is 6.05. The van der Waals surface area contributed by atoms with Crippen molar-refractivity contribution in [3.63, 3.8) is 0 Å². The van der Waals surface area contributed by atoms with Crippen molar-refractivity contribution < 1.29 is 19.5 Å². The van der Waals surface area contributed by atoms with Crippen LogP contribution in [0.5, 0.6) is 0 Å². The number of nitrogens with one attached hydrogen (secondary N) is 2. The second-order valence-corrected chi connectivity index (χ2v) is 7.34. The lowest BCUT2D eigenvalue weighted by molar-refractivity contribution is -0.139. The van der Waals surface area contributed by atoms with Crippen LogP contribution >= 0.6 is 11.3 Å². The lowest BCUT2D eigenvalue weighted by Crippen LogP contribution is -2.53. The van der Waals surface area contributed by atoms with Crippen molar-refractivity contribution in [1.29, 1.82) is 0 Å². The average Bonchev–Trinajstić information content (AvgIpc) is 2.91. The van der Waals surface area contributed by atoms with Crippen LogP contribution in [0, 0.1) is 6.92 Å². The van der Waals surface area contributed by atoms with Crippen molar-refractivity contribution in [2.75, 3.05) is 6.54 Å². The molecule has 0 saturated heterocycles. The van der Waals surface area contributed by atoms with Gasteiger partial charge in [-0.25, -0.2) is 0 Å². The van der Waals surface area contributed by atoms with E-state index in [2.05, 4.69) is 10.6 Å². The van der Waals surface area contributed by atoms with Crippen LogP contribution < -0.4 is 10.6 Å². The third kappa shape index (κ3) is 5.06. The van der Waals surface area contributed by atoms with Crippen LogP contribution in [0.25, 0.3) is 0 Å². The fourth-order valence-electron chi connectivity index (χ4n) is 3.01. The van der Waals surface area contributed by atoms with Gasteiger partial charge in [-0.1, -0.05) is 19.3 Å². The molecule has 1 saturated carbocycles. The number of hydrogen-bond donors (Lipinski definition) is 3. The Balaban J connectivity index is 1.89. The fraction of sp³-hybridized carbons (Fsp3) is 0.562. The van der Waals surface area contributed by atoms with E-state index in [0.29, 0.717) is 17.7 Å². The molecule has 0 aromatic carbocycles. The molecular weight excluding hydrogens is 316 g/mol. The summed E-state index contributed by atoms with van der Waals surface area (Å²) in [5, 5.41) is 14.5. The summed E-state index contributed by atoms with van der Waals surface area (Å²) in [7, 11) is 0. The fourth-order valence-corrected chi connectivity index (χ4v) is 3.79. The van der Waals surface area contributed by atoms with Crippen LogP contribution in [0.1, 0.15) is 53.1 Å². The third-order valence-electron chi connectivity index (χ3n) is 4.08. The molecule has 0 atom stereocenters. The highest BCUT2D eigenvalue weighted by Gasteiger charge is 2.35. The Kier molecular flexibility index (Phi) is 5.76. The van der Waals surface area contributed by atoms with Crippen LogP contribution in [0.2, 0.25) is 0 Å². The molecule has 23 heavy (non-hydrogen) atoms. The summed E-state index contributed by atoms with van der Waals surface area (Å²) in [6, 6.07) is 3.57. The predicted octanol–water partition coefficient (Wildman–Crippen LogP) is 2.08. The van der Waals surface area contributed by atoms with Gasteiger partial charge in [0, 0.05) is 4.88 Å². The van der Waals surface area contributed by atoms with Crippen molar-refractivity contribution >= 4 is 29.1 Å². The van der Waals surface area contributed by atoms with Crippen molar-refractivity contribution in [3.05, 3.63) is 21.9 Å². The van der Waals surface area contributed by atoms with Gasteiger partial charge in [0.2, 0.25) is 5.91 Å². The molecule has 0 bridgehead atoms. The lowest BCUT2D eigenvalue weighted by Gasteiger charge is -2.37. The van der Waals surface area contributed by atoms with E-state index in [9.17, 15) is 14.4 Å². The molecule has 2 amide bonds. The van der Waals surface area contributed by atoms with Gasteiger partial charge in [0.15, 0.2) is 0 Å². The molecule has 126 valence electrons. The summed E-state index contributed by atoms with van der Waals surface area (Å²) in [4.78, 5) is 36.7. The Hall–Kier alpha value is -1.89. The number of aliphatic carboxylic acids is 1. The minimum absolute atomic E-state index is 0.0726. The standard InChI is InChI=1S/C16H22N2O4S/c1-11-5-6-12(23-11)15(22)17-10-13(19)18-16(9-14(20)21)7-3-2-4-8-16/h5-6H,2-4,7-10H2,1H3,(H,17,22)(H,18,19)(H,20,21). The largest absolute Gasteiger partial charge is 0.481 e. The monoisotopic (exact) mass is 338 g/mol. The number of hydrogen-bond acceptors (Lipinski definition) is 4. The van der Waals surface area contributed by atoms with Gasteiger partial charge >= 0.3 is 5.97 Å². The molecule has 1 aliphatic carbocycles. The number of carboxylic acid groups (broad SMARTS) is 1. The Labute approximate surface area is 139 Å². The Morgan fingerprint density at radius 2 is 1.91 bits per heavy atom. The van der Waals surface area contributed by atoms with Gasteiger partial charge < -0.3 is 15.7 Å². The van der Waals surface area contributed by atoms with Crippen LogP contribution in [0.3, 0.4) is 0 Å². The van der Waals surface area contributed by atoms with Crippen molar-refractivity contribution in [2.24, 2.45) is 0 Å². The number of rotatable bonds is 6. The molecule has 1 aromatic rings. The van der Waals surface area contributed by atoms with Crippen LogP contribution in [0.15, 0.2) is 12.1 Å². The maximum atomic E-state index is 12.1. The molecule has 0 aliphatic heterocycles. The molecule has 1 fully saturated rings. The van der Waals surface area contributed by atoms with E-state index in [1.807, 2.05) is 13.0 Å². The quantitative estimate of drug-likeness (QED) is 0.740. The summed E-state index contributed by atoms with van der Waals surface area (Å²) >= 11 is 1.37. The van der Waals surface area contributed by atoms with Crippen molar-refractivity contribution in [2.45, 2.75) is 51.0 Å². The maximum Gasteiger partial charge on any atom is 0.305 e. The van der Waals surface area contributed by atoms with E-state index >= 15 is 0 Å². The minimum Gasteiger partial charge on any atom is -0.481 e. The number of amides is 2. The second kappa shape index (κ2) is 7.59. The Morgan fingerprint density at radius 3 is 2.48 bits per heavy atom. The maximum absolute atomic E-state index is 12.1. The Morgan fingerprint density at radius 1 is 1.22 bits per heavy atom. The zero-order valence-electron chi connectivity index (χ0n) is 13.2. The zero-order valence-corrected chi connectivity index (χ0v) is 14.0. The van der Waals surface area contributed by atoms with Gasteiger partial charge in [0.1, 0.15) is 0 Å². The summed E-state index contributed by atoms with van der Waals surface area (Å²) < 4.78 is 0. The van der Waals surface area contributed by atoms with Crippen LogP contribution in [-0.4, -0.2) is 35.0 Å². The average molecular weight is 338 g/mol. The van der Waals surface area contributed by atoms with E-state index in [1.54, 1.807) is 6.07 Å². The molecule has 0 unspecified atom stereocenters. The van der Waals surface area contributed by atoms with Crippen LogP contribution in [-0.2, 0) is 9.59 Å². The molecule has 0 radical (unpaired) electrons. The lowest BCUT2D eigenvalue weighted by atomic mass is 9.79. The van der Waals surface area contributed by atoms with Gasteiger partial charge in [-0.2, -0.15) is 0 Å². The first kappa shape index (κ1) is 17.5. The minimum atomic E-state index is -0.912. The van der Waals surface area contributed by atoms with Gasteiger partial charge in [-0.15, -0.1) is 11.3 Å². The molecule has 0 spiro atoms. The van der Waals surface area contributed by atoms with E-state index in [4.69, 9.17) is 5.11 Å². The number of thiophene rings is 1. The zero-order chi connectivity index (χ0) is 16.9. The molecular formula is C16H22N2O4S. The topological polar surface area (TPSA) is 95.5 Å². The summed E-state index contributed by atoms with van der Waals surface area (Å²) in [6.45, 7) is 1.77. The van der Waals surface area contributed by atoms with Gasteiger partial charge in [0.05, 0.1) is 23.4 Å². The number of carbonyl (C=O) groups is 3. The first-order chi connectivity index (χ1) is 10.9. The van der Waals surface area contributed by atoms with E-state index in [-0.39, 0.29) is 24.8 Å². The van der Waals surface area contributed by atoms with E-state index < -0.39 is 11.5 Å². The van der Waals surface area contributed by atoms with E-state index in [1.165, 1.54) is 11.3 Å². The van der Waals surface area contributed by atoms with E-state index in [0.717, 1.165) is 24.1 Å². The first-order valence-corrected chi connectivity index (χ1v) is 8.59.